The highest BCUT2D eigenvalue weighted by Crippen LogP contribution is 2.32. The number of nitrogens with zero attached hydrogens (tertiary/aromatic N) is 2. The third-order valence-electron chi connectivity index (χ3n) is 2.45. The van der Waals surface area contributed by atoms with Gasteiger partial charge in [-0.3, -0.25) is 10.0 Å². The van der Waals surface area contributed by atoms with Gasteiger partial charge in [0.25, 0.3) is 0 Å². The molecule has 3 nitrogen and oxygen atoms in total. The molecule has 1 aliphatic rings. The first kappa shape index (κ1) is 11.9. The number of alkyl halides is 3. The van der Waals surface area contributed by atoms with Crippen molar-refractivity contribution in [3.63, 3.8) is 0 Å². The van der Waals surface area contributed by atoms with Gasteiger partial charge in [0.15, 0.2) is 0 Å². The molecule has 1 aromatic carbocycles. The molecule has 0 bridgehead atoms. The topological polar surface area (TPSA) is 27.6 Å². The van der Waals surface area contributed by atoms with E-state index in [9.17, 15) is 13.2 Å². The smallest absolute Gasteiger partial charge is 0.296 e. The maximum Gasteiger partial charge on any atom is 0.409 e. The summed E-state index contributed by atoms with van der Waals surface area (Å²) in [6.45, 7) is 0.978. The number of aliphatic imine (C=N–C) groups is 1. The van der Waals surface area contributed by atoms with E-state index in [-0.39, 0.29) is 5.56 Å². The van der Waals surface area contributed by atoms with Crippen LogP contribution in [0.25, 0.3) is 0 Å². The Kier molecular flexibility index (Phi) is 3.33. The molecule has 6 heteroatoms. The first-order chi connectivity index (χ1) is 8.07. The highest BCUT2D eigenvalue weighted by Gasteiger charge is 2.41. The zero-order valence-corrected chi connectivity index (χ0v) is 8.98. The Morgan fingerprint density at radius 3 is 2.47 bits per heavy atom. The summed E-state index contributed by atoms with van der Waals surface area (Å²) in [6.07, 6.45) is -2.94. The molecule has 0 saturated heterocycles. The van der Waals surface area contributed by atoms with Crippen molar-refractivity contribution in [1.82, 2.24) is 10.4 Å². The molecule has 0 spiro atoms. The molecule has 1 unspecified atom stereocenters. The molecule has 0 radical (unpaired) electrons. The minimum Gasteiger partial charge on any atom is -0.296 e. The van der Waals surface area contributed by atoms with Crippen LogP contribution in [-0.2, 0) is 0 Å². The van der Waals surface area contributed by atoms with Gasteiger partial charge >= 0.3 is 6.18 Å². The quantitative estimate of drug-likeness (QED) is 0.880. The van der Waals surface area contributed by atoms with Gasteiger partial charge in [0.1, 0.15) is 6.04 Å². The fourth-order valence-corrected chi connectivity index (χ4v) is 1.63. The van der Waals surface area contributed by atoms with Crippen LogP contribution in [0.5, 0.6) is 0 Å². The third-order valence-corrected chi connectivity index (χ3v) is 2.45. The molecule has 1 heterocycles. The lowest BCUT2D eigenvalue weighted by molar-refractivity contribution is -0.165. The van der Waals surface area contributed by atoms with Crippen LogP contribution in [0.4, 0.5) is 13.2 Å². The summed E-state index contributed by atoms with van der Waals surface area (Å²) in [5.41, 5.74) is 2.63. The molecule has 0 fully saturated rings. The van der Waals surface area contributed by atoms with Crippen molar-refractivity contribution in [3.05, 3.63) is 35.9 Å². The van der Waals surface area contributed by atoms with E-state index in [2.05, 4.69) is 10.4 Å². The van der Waals surface area contributed by atoms with E-state index < -0.39 is 12.2 Å². The van der Waals surface area contributed by atoms with E-state index in [4.69, 9.17) is 0 Å². The number of rotatable bonds is 3. The molecule has 1 atom stereocenters. The average Bonchev–Trinajstić information content (AvgIpc) is 2.78. The Labute approximate surface area is 96.9 Å². The van der Waals surface area contributed by atoms with Gasteiger partial charge in [-0.2, -0.15) is 13.2 Å². The zero-order chi connectivity index (χ0) is 12.3. The number of hydrogen-bond acceptors (Lipinski definition) is 3. The van der Waals surface area contributed by atoms with Crippen molar-refractivity contribution < 1.29 is 13.2 Å². The molecular weight excluding hydrogens is 231 g/mol. The summed E-state index contributed by atoms with van der Waals surface area (Å²) in [5, 5.41) is 1.37. The van der Waals surface area contributed by atoms with Gasteiger partial charge < -0.3 is 0 Å². The van der Waals surface area contributed by atoms with Gasteiger partial charge in [-0.25, -0.2) is 5.43 Å². The van der Waals surface area contributed by atoms with E-state index in [1.54, 1.807) is 18.2 Å². The highest BCUT2D eigenvalue weighted by molar-refractivity contribution is 5.56. The standard InChI is InChI=1S/C11H12F3N3/c12-11(13,14)10(9-4-2-1-3-5-9)16-17-7-6-15-8-17/h1-5,8,10,16H,6-7H2. The highest BCUT2D eigenvalue weighted by atomic mass is 19.4. The summed E-state index contributed by atoms with van der Waals surface area (Å²) < 4.78 is 38.8. The summed E-state index contributed by atoms with van der Waals surface area (Å²) in [7, 11) is 0. The average molecular weight is 243 g/mol. The van der Waals surface area contributed by atoms with E-state index in [0.717, 1.165) is 0 Å². The number of benzene rings is 1. The predicted molar refractivity (Wildman–Crippen MR) is 58.4 cm³/mol. The molecule has 1 aromatic rings. The van der Waals surface area contributed by atoms with Gasteiger partial charge in [0.05, 0.1) is 19.4 Å². The molecule has 0 aliphatic carbocycles. The van der Waals surface area contributed by atoms with E-state index in [1.165, 1.54) is 23.5 Å². The van der Waals surface area contributed by atoms with Gasteiger partial charge in [-0.05, 0) is 5.56 Å². The van der Waals surface area contributed by atoms with E-state index in [1.807, 2.05) is 0 Å². The van der Waals surface area contributed by atoms with Gasteiger partial charge in [0.2, 0.25) is 0 Å². The molecule has 2 rings (SSSR count). The molecule has 0 saturated carbocycles. The van der Waals surface area contributed by atoms with Gasteiger partial charge in [-0.1, -0.05) is 30.3 Å². The molecule has 17 heavy (non-hydrogen) atoms. The lowest BCUT2D eigenvalue weighted by Gasteiger charge is -2.26. The van der Waals surface area contributed by atoms with Crippen molar-refractivity contribution in [1.29, 1.82) is 0 Å². The second-order valence-electron chi connectivity index (χ2n) is 3.73. The third kappa shape index (κ3) is 2.97. The van der Waals surface area contributed by atoms with Gasteiger partial charge in [-0.15, -0.1) is 0 Å². The summed E-state index contributed by atoms with van der Waals surface area (Å²) in [5.74, 6) is 0. The number of halogens is 3. The Morgan fingerprint density at radius 2 is 1.94 bits per heavy atom. The monoisotopic (exact) mass is 243 g/mol. The fraction of sp³-hybridized carbons (Fsp3) is 0.364. The molecule has 1 N–H and O–H groups in total. The molecule has 1 aliphatic heterocycles. The van der Waals surface area contributed by atoms with Crippen LogP contribution >= 0.6 is 0 Å². The van der Waals surface area contributed by atoms with Crippen molar-refractivity contribution >= 4 is 6.34 Å². The van der Waals surface area contributed by atoms with Crippen LogP contribution in [0.3, 0.4) is 0 Å². The summed E-state index contributed by atoms with van der Waals surface area (Å²) >= 11 is 0. The predicted octanol–water partition coefficient (Wildman–Crippen LogP) is 2.14. The Bertz CT molecular complexity index is 389. The van der Waals surface area contributed by atoms with Crippen LogP contribution < -0.4 is 5.43 Å². The minimum atomic E-state index is -4.34. The second-order valence-corrected chi connectivity index (χ2v) is 3.73. The first-order valence-corrected chi connectivity index (χ1v) is 5.22. The Balaban J connectivity index is 2.17. The van der Waals surface area contributed by atoms with Crippen LogP contribution in [0.2, 0.25) is 0 Å². The maximum absolute atomic E-state index is 12.9. The van der Waals surface area contributed by atoms with Crippen molar-refractivity contribution in [2.75, 3.05) is 13.1 Å². The van der Waals surface area contributed by atoms with E-state index >= 15 is 0 Å². The summed E-state index contributed by atoms with van der Waals surface area (Å²) in [4.78, 5) is 3.86. The largest absolute Gasteiger partial charge is 0.409 e. The Morgan fingerprint density at radius 1 is 1.24 bits per heavy atom. The van der Waals surface area contributed by atoms with E-state index in [0.29, 0.717) is 13.1 Å². The van der Waals surface area contributed by atoms with Crippen molar-refractivity contribution in [3.8, 4) is 0 Å². The Hall–Kier alpha value is -1.56. The number of hydrogen-bond donors (Lipinski definition) is 1. The van der Waals surface area contributed by atoms with Crippen LogP contribution in [0.15, 0.2) is 35.3 Å². The normalized spacial score (nSPS) is 17.5. The minimum absolute atomic E-state index is 0.195. The lowest BCUT2D eigenvalue weighted by Crippen LogP contribution is -2.44. The number of hydrazine groups is 1. The first-order valence-electron chi connectivity index (χ1n) is 5.22. The second kappa shape index (κ2) is 4.75. The van der Waals surface area contributed by atoms with Crippen molar-refractivity contribution in [2.45, 2.75) is 12.2 Å². The SMILES string of the molecule is FC(F)(F)C(NN1C=NCC1)c1ccccc1. The molecular formula is C11H12F3N3. The summed E-state index contributed by atoms with van der Waals surface area (Å²) in [6, 6.07) is 6.08. The lowest BCUT2D eigenvalue weighted by atomic mass is 10.1. The number of nitrogens with one attached hydrogen (secondary N) is 1. The van der Waals surface area contributed by atoms with Crippen LogP contribution in [-0.4, -0.2) is 30.6 Å². The maximum atomic E-state index is 12.9. The molecule has 92 valence electrons. The molecule has 0 aromatic heterocycles. The van der Waals surface area contributed by atoms with Gasteiger partial charge in [0, 0.05) is 0 Å². The van der Waals surface area contributed by atoms with Crippen LogP contribution in [0, 0.1) is 0 Å². The van der Waals surface area contributed by atoms with Crippen molar-refractivity contribution in [2.24, 2.45) is 4.99 Å². The van der Waals surface area contributed by atoms with Crippen LogP contribution in [0.1, 0.15) is 11.6 Å². The molecule has 0 amide bonds. The fourth-order valence-electron chi connectivity index (χ4n) is 1.63. The zero-order valence-electron chi connectivity index (χ0n) is 8.98.